The number of hydrogen-bond donors (Lipinski definition) is 1. The van der Waals surface area contributed by atoms with Gasteiger partial charge in [0, 0.05) is 18.6 Å². The number of likely N-dealkylation sites (N-methyl/N-ethyl adjacent to an activating group) is 1. The van der Waals surface area contributed by atoms with Crippen LogP contribution in [0.1, 0.15) is 24.5 Å². The molecule has 19 heavy (non-hydrogen) atoms. The zero-order chi connectivity index (χ0) is 13.7. The van der Waals surface area contributed by atoms with Crippen molar-refractivity contribution in [2.45, 2.75) is 33.2 Å². The Kier molecular flexibility index (Phi) is 5.23. The highest BCUT2D eigenvalue weighted by atomic mass is 16.5. The Morgan fingerprint density at radius 3 is 2.95 bits per heavy atom. The highest BCUT2D eigenvalue weighted by Crippen LogP contribution is 2.22. The maximum atomic E-state index is 6.03. The molecule has 1 aliphatic rings. The molecular formula is C16H25NO2. The van der Waals surface area contributed by atoms with Crippen LogP contribution >= 0.6 is 0 Å². The van der Waals surface area contributed by atoms with Gasteiger partial charge in [-0.3, -0.25) is 0 Å². The van der Waals surface area contributed by atoms with Crippen molar-refractivity contribution in [3.8, 4) is 5.75 Å². The van der Waals surface area contributed by atoms with E-state index in [0.29, 0.717) is 18.6 Å². The van der Waals surface area contributed by atoms with Gasteiger partial charge in [-0.15, -0.1) is 0 Å². The minimum absolute atomic E-state index is 0.382. The summed E-state index contributed by atoms with van der Waals surface area (Å²) >= 11 is 0. The first-order valence-electron chi connectivity index (χ1n) is 7.22. The normalized spacial score (nSPS) is 20.5. The van der Waals surface area contributed by atoms with Gasteiger partial charge < -0.3 is 14.8 Å². The topological polar surface area (TPSA) is 30.5 Å². The maximum absolute atomic E-state index is 6.03. The number of nitrogens with one attached hydrogen (secondary N) is 1. The van der Waals surface area contributed by atoms with Gasteiger partial charge in [0.2, 0.25) is 0 Å². The minimum atomic E-state index is 0.382. The predicted octanol–water partition coefficient (Wildman–Crippen LogP) is 2.70. The Labute approximate surface area is 116 Å². The highest BCUT2D eigenvalue weighted by Gasteiger charge is 2.25. The van der Waals surface area contributed by atoms with Crippen molar-refractivity contribution in [1.29, 1.82) is 0 Å². The molecule has 2 unspecified atom stereocenters. The summed E-state index contributed by atoms with van der Waals surface area (Å²) in [5.74, 6) is 1.58. The van der Waals surface area contributed by atoms with E-state index < -0.39 is 0 Å². The summed E-state index contributed by atoms with van der Waals surface area (Å²) in [4.78, 5) is 0. The van der Waals surface area contributed by atoms with Crippen molar-refractivity contribution in [3.63, 3.8) is 0 Å². The molecule has 1 saturated heterocycles. The molecule has 1 N–H and O–H groups in total. The molecule has 0 saturated carbocycles. The third-order valence-electron chi connectivity index (χ3n) is 3.76. The van der Waals surface area contributed by atoms with Crippen LogP contribution in [-0.2, 0) is 4.74 Å². The van der Waals surface area contributed by atoms with Crippen LogP contribution in [0.4, 0.5) is 0 Å². The number of aryl methyl sites for hydroxylation is 2. The van der Waals surface area contributed by atoms with Gasteiger partial charge >= 0.3 is 0 Å². The number of ether oxygens (including phenoxy) is 2. The molecule has 1 aromatic rings. The van der Waals surface area contributed by atoms with Gasteiger partial charge in [-0.05, 0) is 44.0 Å². The summed E-state index contributed by atoms with van der Waals surface area (Å²) in [5, 5.41) is 3.52. The van der Waals surface area contributed by atoms with E-state index in [4.69, 9.17) is 9.47 Å². The van der Waals surface area contributed by atoms with E-state index in [1.807, 2.05) is 0 Å². The average Bonchev–Trinajstić information content (AvgIpc) is 2.92. The van der Waals surface area contributed by atoms with Gasteiger partial charge in [0.1, 0.15) is 12.4 Å². The van der Waals surface area contributed by atoms with Gasteiger partial charge in [0.25, 0.3) is 0 Å². The monoisotopic (exact) mass is 263 g/mol. The molecule has 1 aliphatic heterocycles. The number of rotatable bonds is 6. The predicted molar refractivity (Wildman–Crippen MR) is 77.8 cm³/mol. The summed E-state index contributed by atoms with van der Waals surface area (Å²) in [7, 11) is 0. The fraction of sp³-hybridized carbons (Fsp3) is 0.625. The first-order chi connectivity index (χ1) is 9.20. The first kappa shape index (κ1) is 14.4. The molecule has 0 amide bonds. The molecule has 0 spiro atoms. The molecule has 0 aliphatic carbocycles. The fourth-order valence-corrected chi connectivity index (χ4v) is 2.54. The zero-order valence-electron chi connectivity index (χ0n) is 12.2. The third-order valence-corrected chi connectivity index (χ3v) is 3.76. The minimum Gasteiger partial charge on any atom is -0.492 e. The molecule has 106 valence electrons. The van der Waals surface area contributed by atoms with E-state index in [2.05, 4.69) is 44.3 Å². The lowest BCUT2D eigenvalue weighted by Gasteiger charge is -2.24. The van der Waals surface area contributed by atoms with Gasteiger partial charge in [0.05, 0.1) is 6.61 Å². The Balaban J connectivity index is 1.95. The Morgan fingerprint density at radius 2 is 2.26 bits per heavy atom. The highest BCUT2D eigenvalue weighted by molar-refractivity contribution is 5.35. The second kappa shape index (κ2) is 6.92. The lowest BCUT2D eigenvalue weighted by atomic mass is 10.00. The van der Waals surface area contributed by atoms with E-state index >= 15 is 0 Å². The second-order valence-electron chi connectivity index (χ2n) is 5.37. The molecule has 1 aromatic carbocycles. The van der Waals surface area contributed by atoms with Crippen molar-refractivity contribution in [3.05, 3.63) is 29.3 Å². The van der Waals surface area contributed by atoms with E-state index in [0.717, 1.165) is 31.9 Å². The van der Waals surface area contributed by atoms with E-state index in [1.165, 1.54) is 11.1 Å². The van der Waals surface area contributed by atoms with Gasteiger partial charge in [-0.1, -0.05) is 19.1 Å². The van der Waals surface area contributed by atoms with Crippen LogP contribution < -0.4 is 10.1 Å². The summed E-state index contributed by atoms with van der Waals surface area (Å²) in [6.07, 6.45) is 1.13. The lowest BCUT2D eigenvalue weighted by Crippen LogP contribution is -2.41. The molecule has 0 radical (unpaired) electrons. The van der Waals surface area contributed by atoms with Crippen molar-refractivity contribution in [2.24, 2.45) is 5.92 Å². The van der Waals surface area contributed by atoms with Gasteiger partial charge in [-0.2, -0.15) is 0 Å². The number of benzene rings is 1. The van der Waals surface area contributed by atoms with Crippen molar-refractivity contribution in [1.82, 2.24) is 5.32 Å². The largest absolute Gasteiger partial charge is 0.492 e. The standard InChI is InChI=1S/C16H25NO2/c1-4-17-15(14-7-8-18-10-14)11-19-16-9-12(2)5-6-13(16)3/h5-6,9,14-15,17H,4,7-8,10-11H2,1-3H3. The summed E-state index contributed by atoms with van der Waals surface area (Å²) < 4.78 is 11.5. The van der Waals surface area contributed by atoms with Crippen LogP contribution in [-0.4, -0.2) is 32.4 Å². The lowest BCUT2D eigenvalue weighted by molar-refractivity contribution is 0.160. The van der Waals surface area contributed by atoms with Gasteiger partial charge in [-0.25, -0.2) is 0 Å². The first-order valence-corrected chi connectivity index (χ1v) is 7.22. The zero-order valence-corrected chi connectivity index (χ0v) is 12.2. The quantitative estimate of drug-likeness (QED) is 0.856. The van der Waals surface area contributed by atoms with E-state index in [1.54, 1.807) is 0 Å². The van der Waals surface area contributed by atoms with Crippen LogP contribution in [0, 0.1) is 19.8 Å². The van der Waals surface area contributed by atoms with Crippen LogP contribution in [0.25, 0.3) is 0 Å². The Hall–Kier alpha value is -1.06. The average molecular weight is 263 g/mol. The van der Waals surface area contributed by atoms with Crippen molar-refractivity contribution in [2.75, 3.05) is 26.4 Å². The molecule has 3 heteroatoms. The molecular weight excluding hydrogens is 238 g/mol. The number of hydrogen-bond acceptors (Lipinski definition) is 3. The maximum Gasteiger partial charge on any atom is 0.122 e. The van der Waals surface area contributed by atoms with Gasteiger partial charge in [0.15, 0.2) is 0 Å². The molecule has 1 fully saturated rings. The summed E-state index contributed by atoms with van der Waals surface area (Å²) in [5.41, 5.74) is 2.44. The van der Waals surface area contributed by atoms with Crippen LogP contribution in [0.3, 0.4) is 0 Å². The SMILES string of the molecule is CCNC(COc1cc(C)ccc1C)C1CCOC1. The summed E-state index contributed by atoms with van der Waals surface area (Å²) in [6.45, 7) is 9.75. The van der Waals surface area contributed by atoms with E-state index in [-0.39, 0.29) is 0 Å². The smallest absolute Gasteiger partial charge is 0.122 e. The van der Waals surface area contributed by atoms with Crippen molar-refractivity contribution >= 4 is 0 Å². The second-order valence-corrected chi connectivity index (χ2v) is 5.37. The Bertz CT molecular complexity index is 400. The van der Waals surface area contributed by atoms with Crippen LogP contribution in [0.5, 0.6) is 5.75 Å². The van der Waals surface area contributed by atoms with E-state index in [9.17, 15) is 0 Å². The Morgan fingerprint density at radius 1 is 1.42 bits per heavy atom. The van der Waals surface area contributed by atoms with Crippen molar-refractivity contribution < 1.29 is 9.47 Å². The van der Waals surface area contributed by atoms with Crippen LogP contribution in [0.2, 0.25) is 0 Å². The molecule has 0 bridgehead atoms. The van der Waals surface area contributed by atoms with Crippen LogP contribution in [0.15, 0.2) is 18.2 Å². The molecule has 1 heterocycles. The summed E-state index contributed by atoms with van der Waals surface area (Å²) in [6, 6.07) is 6.73. The third kappa shape index (κ3) is 3.95. The molecule has 3 nitrogen and oxygen atoms in total. The molecule has 0 aromatic heterocycles. The fourth-order valence-electron chi connectivity index (χ4n) is 2.54. The molecule has 2 atom stereocenters. The molecule has 2 rings (SSSR count).